The van der Waals surface area contributed by atoms with E-state index in [0.29, 0.717) is 10.8 Å². The molecule has 0 aromatic rings. The van der Waals surface area contributed by atoms with Crippen molar-refractivity contribution in [1.29, 1.82) is 0 Å². The van der Waals surface area contributed by atoms with Gasteiger partial charge < -0.3 is 0 Å². The standard InChI is InChI=1S/C28H50/c1-19(2)8-7-9-21(4)24-12-13-25-23-11-10-22-18-20(3)14-16-27(22,5)26(23)15-17-28(24,25)6/h19-26H,7-18H2,1-6H3/t20-,21?,22+,23?,24?,25?,26?,27?,28?/m1/s1. The lowest BCUT2D eigenvalue weighted by Gasteiger charge is -2.61. The quantitative estimate of drug-likeness (QED) is 0.443. The number of rotatable bonds is 5. The van der Waals surface area contributed by atoms with E-state index in [9.17, 15) is 0 Å². The topological polar surface area (TPSA) is 0 Å². The van der Waals surface area contributed by atoms with Crippen LogP contribution in [0.3, 0.4) is 0 Å². The van der Waals surface area contributed by atoms with Crippen molar-refractivity contribution >= 4 is 0 Å². The van der Waals surface area contributed by atoms with Crippen molar-refractivity contribution in [3.8, 4) is 0 Å². The average Bonchev–Trinajstić information content (AvgIpc) is 2.99. The van der Waals surface area contributed by atoms with Crippen LogP contribution in [0.15, 0.2) is 0 Å². The van der Waals surface area contributed by atoms with E-state index in [-0.39, 0.29) is 0 Å². The van der Waals surface area contributed by atoms with Gasteiger partial charge in [-0.05, 0) is 110 Å². The molecule has 4 aliphatic rings. The van der Waals surface area contributed by atoms with E-state index in [1.165, 1.54) is 32.1 Å². The summed E-state index contributed by atoms with van der Waals surface area (Å²) in [5.74, 6) is 8.08. The van der Waals surface area contributed by atoms with Gasteiger partial charge in [0.2, 0.25) is 0 Å². The zero-order chi connectivity index (χ0) is 20.1. The molecular weight excluding hydrogens is 336 g/mol. The fraction of sp³-hybridized carbons (Fsp3) is 1.00. The molecule has 0 aromatic carbocycles. The average molecular weight is 387 g/mol. The Labute approximate surface area is 177 Å². The van der Waals surface area contributed by atoms with Crippen LogP contribution in [0.2, 0.25) is 0 Å². The first-order chi connectivity index (χ1) is 13.3. The molecule has 0 aliphatic heterocycles. The van der Waals surface area contributed by atoms with Gasteiger partial charge in [-0.2, -0.15) is 0 Å². The molecule has 4 aliphatic carbocycles. The zero-order valence-corrected chi connectivity index (χ0v) is 20.1. The molecule has 0 amide bonds. The second-order valence-electron chi connectivity index (χ2n) is 13.1. The lowest BCUT2D eigenvalue weighted by molar-refractivity contribution is -0.120. The molecular formula is C28H50. The molecule has 0 heteroatoms. The monoisotopic (exact) mass is 386 g/mol. The Balaban J connectivity index is 1.46. The Hall–Kier alpha value is 0. The summed E-state index contributed by atoms with van der Waals surface area (Å²) in [6.45, 7) is 15.4. The Bertz CT molecular complexity index is 534. The summed E-state index contributed by atoms with van der Waals surface area (Å²) in [7, 11) is 0. The van der Waals surface area contributed by atoms with Crippen molar-refractivity contribution in [2.45, 2.75) is 119 Å². The highest BCUT2D eigenvalue weighted by Gasteiger charge is 2.60. The van der Waals surface area contributed by atoms with Gasteiger partial charge in [0, 0.05) is 0 Å². The van der Waals surface area contributed by atoms with Crippen molar-refractivity contribution in [2.24, 2.45) is 58.2 Å². The van der Waals surface area contributed by atoms with Gasteiger partial charge in [-0.3, -0.25) is 0 Å². The predicted molar refractivity (Wildman–Crippen MR) is 122 cm³/mol. The first kappa shape index (κ1) is 21.2. The summed E-state index contributed by atoms with van der Waals surface area (Å²) in [4.78, 5) is 0. The van der Waals surface area contributed by atoms with Gasteiger partial charge in [-0.15, -0.1) is 0 Å². The van der Waals surface area contributed by atoms with Gasteiger partial charge in [0.05, 0.1) is 0 Å². The summed E-state index contributed by atoms with van der Waals surface area (Å²) in [5.41, 5.74) is 1.36. The molecule has 0 bridgehead atoms. The smallest absolute Gasteiger partial charge is 0.0264 e. The lowest BCUT2D eigenvalue weighted by atomic mass is 9.44. The minimum atomic E-state index is 0.670. The molecule has 28 heavy (non-hydrogen) atoms. The summed E-state index contributed by atoms with van der Waals surface area (Å²) < 4.78 is 0. The molecule has 162 valence electrons. The molecule has 0 nitrogen and oxygen atoms in total. The molecule has 4 rings (SSSR count). The maximum Gasteiger partial charge on any atom is -0.0264 e. The van der Waals surface area contributed by atoms with Crippen molar-refractivity contribution in [3.63, 3.8) is 0 Å². The highest BCUT2D eigenvalue weighted by Crippen LogP contribution is 2.68. The summed E-state index contributed by atoms with van der Waals surface area (Å²) in [6.07, 6.45) is 18.3. The zero-order valence-electron chi connectivity index (χ0n) is 20.1. The second-order valence-corrected chi connectivity index (χ2v) is 13.1. The van der Waals surface area contributed by atoms with Crippen LogP contribution in [0.5, 0.6) is 0 Å². The van der Waals surface area contributed by atoms with E-state index in [0.717, 1.165) is 47.3 Å². The largest absolute Gasteiger partial charge is 0.0628 e. The van der Waals surface area contributed by atoms with Crippen LogP contribution >= 0.6 is 0 Å². The fourth-order valence-corrected chi connectivity index (χ4v) is 9.50. The Morgan fingerprint density at radius 3 is 2.25 bits per heavy atom. The number of fused-ring (bicyclic) bond motifs is 5. The minimum Gasteiger partial charge on any atom is -0.0628 e. The summed E-state index contributed by atoms with van der Waals surface area (Å²) in [6, 6.07) is 0. The highest BCUT2D eigenvalue weighted by molar-refractivity contribution is 5.09. The molecule has 0 radical (unpaired) electrons. The Morgan fingerprint density at radius 1 is 0.786 bits per heavy atom. The van der Waals surface area contributed by atoms with Gasteiger partial charge in [0.1, 0.15) is 0 Å². The third-order valence-corrected chi connectivity index (χ3v) is 11.1. The normalized spacial score (nSPS) is 49.4. The van der Waals surface area contributed by atoms with E-state index in [1.807, 2.05) is 0 Å². The maximum absolute atomic E-state index is 2.75. The lowest BCUT2D eigenvalue weighted by Crippen LogP contribution is -2.53. The van der Waals surface area contributed by atoms with Crippen molar-refractivity contribution in [1.82, 2.24) is 0 Å². The minimum absolute atomic E-state index is 0.670. The Morgan fingerprint density at radius 2 is 1.50 bits per heavy atom. The van der Waals surface area contributed by atoms with E-state index in [1.54, 1.807) is 44.9 Å². The van der Waals surface area contributed by atoms with Crippen LogP contribution in [0.4, 0.5) is 0 Å². The van der Waals surface area contributed by atoms with Crippen molar-refractivity contribution in [2.75, 3.05) is 0 Å². The predicted octanol–water partition coefficient (Wildman–Crippen LogP) is 8.74. The molecule has 4 fully saturated rings. The highest BCUT2D eigenvalue weighted by atomic mass is 14.6. The fourth-order valence-electron chi connectivity index (χ4n) is 9.50. The Kier molecular flexibility index (Phi) is 6.01. The number of hydrogen-bond acceptors (Lipinski definition) is 0. The van der Waals surface area contributed by atoms with E-state index < -0.39 is 0 Å². The van der Waals surface area contributed by atoms with Crippen LogP contribution in [0.25, 0.3) is 0 Å². The van der Waals surface area contributed by atoms with Crippen LogP contribution < -0.4 is 0 Å². The second kappa shape index (κ2) is 7.92. The first-order valence-corrected chi connectivity index (χ1v) is 13.3. The molecule has 0 saturated heterocycles. The molecule has 0 aromatic heterocycles. The van der Waals surface area contributed by atoms with E-state index >= 15 is 0 Å². The first-order valence-electron chi connectivity index (χ1n) is 13.3. The van der Waals surface area contributed by atoms with Gasteiger partial charge in [0.25, 0.3) is 0 Å². The van der Waals surface area contributed by atoms with Crippen molar-refractivity contribution < 1.29 is 0 Å². The third-order valence-electron chi connectivity index (χ3n) is 11.1. The van der Waals surface area contributed by atoms with E-state index in [4.69, 9.17) is 0 Å². The van der Waals surface area contributed by atoms with Crippen LogP contribution in [0, 0.1) is 58.2 Å². The molecule has 4 saturated carbocycles. The van der Waals surface area contributed by atoms with Crippen molar-refractivity contribution in [3.05, 3.63) is 0 Å². The molecule has 7 unspecified atom stereocenters. The summed E-state index contributed by atoms with van der Waals surface area (Å²) in [5, 5.41) is 0. The van der Waals surface area contributed by atoms with Crippen LogP contribution in [-0.4, -0.2) is 0 Å². The van der Waals surface area contributed by atoms with Crippen LogP contribution in [-0.2, 0) is 0 Å². The van der Waals surface area contributed by atoms with Gasteiger partial charge in [-0.25, -0.2) is 0 Å². The van der Waals surface area contributed by atoms with E-state index in [2.05, 4.69) is 41.5 Å². The maximum atomic E-state index is 2.75. The molecule has 9 atom stereocenters. The van der Waals surface area contributed by atoms with Crippen LogP contribution in [0.1, 0.15) is 119 Å². The SMILES string of the molecule is CC(C)CCCC(C)C1CCC2C3CC[C@H]4C[C@H](C)CCC4(C)C3CCC12C. The van der Waals surface area contributed by atoms with Gasteiger partial charge >= 0.3 is 0 Å². The van der Waals surface area contributed by atoms with Gasteiger partial charge in [-0.1, -0.05) is 67.2 Å². The number of hydrogen-bond donors (Lipinski definition) is 0. The molecule has 0 N–H and O–H groups in total. The van der Waals surface area contributed by atoms with Gasteiger partial charge in [0.15, 0.2) is 0 Å². The third kappa shape index (κ3) is 3.51. The summed E-state index contributed by atoms with van der Waals surface area (Å²) >= 11 is 0. The molecule has 0 spiro atoms. The molecule has 0 heterocycles.